The fraction of sp³-hybridized carbons (Fsp3) is 0. The molecule has 3 heterocycles. The van der Waals surface area contributed by atoms with Crippen molar-refractivity contribution in [2.45, 2.75) is 0 Å². The first-order valence-corrected chi connectivity index (χ1v) is 18.4. The van der Waals surface area contributed by atoms with E-state index in [1.54, 1.807) is 17.7 Å². The average molecular weight is 673 g/mol. The lowest BCUT2D eigenvalue weighted by Gasteiger charge is -2.09. The molecule has 0 bridgehead atoms. The molecule has 0 radical (unpaired) electrons. The van der Waals surface area contributed by atoms with Crippen molar-refractivity contribution in [2.75, 3.05) is 0 Å². The molecule has 0 spiro atoms. The lowest BCUT2D eigenvalue weighted by Crippen LogP contribution is -1.87. The molecule has 0 amide bonds. The van der Waals surface area contributed by atoms with Crippen LogP contribution in [0.15, 0.2) is 170 Å². The van der Waals surface area contributed by atoms with E-state index in [1.165, 1.54) is 74.8 Å². The van der Waals surface area contributed by atoms with Gasteiger partial charge in [-0.15, -0.1) is 22.7 Å². The van der Waals surface area contributed by atoms with Crippen molar-refractivity contribution in [3.63, 3.8) is 0 Å². The number of thiophene rings is 2. The minimum absolute atomic E-state index is 0.981. The van der Waals surface area contributed by atoms with Crippen molar-refractivity contribution >= 4 is 63.1 Å². The molecular weight excluding hydrogens is 645 g/mol. The van der Waals surface area contributed by atoms with E-state index in [9.17, 15) is 0 Å². The van der Waals surface area contributed by atoms with Gasteiger partial charge in [0.05, 0.1) is 15.9 Å². The van der Waals surface area contributed by atoms with E-state index in [0.29, 0.717) is 0 Å². The lowest BCUT2D eigenvalue weighted by atomic mass is 9.96. The van der Waals surface area contributed by atoms with Crippen molar-refractivity contribution < 1.29 is 0 Å². The zero-order valence-electron chi connectivity index (χ0n) is 26.9. The Morgan fingerprint density at radius 1 is 0.340 bits per heavy atom. The van der Waals surface area contributed by atoms with Gasteiger partial charge in [-0.1, -0.05) is 146 Å². The Bertz CT molecular complexity index is 2860. The van der Waals surface area contributed by atoms with Crippen LogP contribution in [0.4, 0.5) is 0 Å². The maximum Gasteiger partial charge on any atom is 0.116 e. The Hall–Kier alpha value is -5.94. The van der Waals surface area contributed by atoms with Gasteiger partial charge in [-0.25, -0.2) is 9.97 Å². The first kappa shape index (κ1) is 29.0. The molecule has 2 nitrogen and oxygen atoms in total. The third-order valence-corrected chi connectivity index (χ3v) is 12.1. The number of rotatable bonds is 5. The first-order valence-electron chi connectivity index (χ1n) is 16.7. The van der Waals surface area contributed by atoms with Gasteiger partial charge in [0, 0.05) is 35.8 Å². The third kappa shape index (κ3) is 4.84. The molecule has 7 aromatic carbocycles. The minimum atomic E-state index is 0.981. The molecule has 0 saturated heterocycles. The van der Waals surface area contributed by atoms with E-state index in [2.05, 4.69) is 169 Å². The molecule has 10 rings (SSSR count). The molecule has 0 aliphatic carbocycles. The summed E-state index contributed by atoms with van der Waals surface area (Å²) in [5.74, 6) is 0. The number of hydrogen-bond acceptors (Lipinski definition) is 4. The van der Waals surface area contributed by atoms with E-state index in [1.807, 2.05) is 11.3 Å². The van der Waals surface area contributed by atoms with E-state index >= 15 is 0 Å². The highest BCUT2D eigenvalue weighted by Gasteiger charge is 2.16. The van der Waals surface area contributed by atoms with E-state index in [4.69, 9.17) is 4.98 Å². The molecular formula is C46H28N2S2. The van der Waals surface area contributed by atoms with Crippen LogP contribution in [0.1, 0.15) is 0 Å². The van der Waals surface area contributed by atoms with Crippen LogP contribution in [0, 0.1) is 0 Å². The molecule has 50 heavy (non-hydrogen) atoms. The molecule has 0 N–H and O–H groups in total. The summed E-state index contributed by atoms with van der Waals surface area (Å²) in [6.45, 7) is 0. The van der Waals surface area contributed by atoms with E-state index < -0.39 is 0 Å². The highest BCUT2D eigenvalue weighted by atomic mass is 32.1. The summed E-state index contributed by atoms with van der Waals surface area (Å²) in [5, 5.41) is 3.79. The number of benzene rings is 7. The maximum absolute atomic E-state index is 4.77. The molecule has 0 saturated carbocycles. The molecule has 234 valence electrons. The van der Waals surface area contributed by atoms with Crippen LogP contribution < -0.4 is 0 Å². The van der Waals surface area contributed by atoms with Crippen molar-refractivity contribution in [1.82, 2.24) is 9.97 Å². The molecule has 0 unspecified atom stereocenters. The largest absolute Gasteiger partial charge is 0.235 e. The molecule has 0 atom stereocenters. The predicted octanol–water partition coefficient (Wildman–Crippen LogP) is 13.5. The van der Waals surface area contributed by atoms with Crippen LogP contribution in [0.2, 0.25) is 0 Å². The second-order valence-corrected chi connectivity index (χ2v) is 14.6. The van der Waals surface area contributed by atoms with Crippen LogP contribution in [-0.4, -0.2) is 9.97 Å². The zero-order valence-corrected chi connectivity index (χ0v) is 28.5. The van der Waals surface area contributed by atoms with Gasteiger partial charge >= 0.3 is 0 Å². The van der Waals surface area contributed by atoms with Crippen LogP contribution in [0.25, 0.3) is 96.2 Å². The van der Waals surface area contributed by atoms with Gasteiger partial charge in [0.1, 0.15) is 6.33 Å². The van der Waals surface area contributed by atoms with Crippen LogP contribution >= 0.6 is 22.7 Å². The normalized spacial score (nSPS) is 11.6. The molecule has 0 fully saturated rings. The Morgan fingerprint density at radius 2 is 0.880 bits per heavy atom. The maximum atomic E-state index is 4.77. The van der Waals surface area contributed by atoms with Gasteiger partial charge in [-0.3, -0.25) is 0 Å². The second kappa shape index (κ2) is 11.9. The van der Waals surface area contributed by atoms with E-state index in [-0.39, 0.29) is 0 Å². The van der Waals surface area contributed by atoms with Crippen molar-refractivity contribution in [3.05, 3.63) is 170 Å². The fourth-order valence-corrected chi connectivity index (χ4v) is 9.73. The third-order valence-electron chi connectivity index (χ3n) is 9.63. The van der Waals surface area contributed by atoms with Crippen LogP contribution in [0.3, 0.4) is 0 Å². The molecule has 0 aliphatic heterocycles. The van der Waals surface area contributed by atoms with Crippen molar-refractivity contribution in [2.24, 2.45) is 0 Å². The van der Waals surface area contributed by atoms with Gasteiger partial charge in [-0.05, 0) is 62.7 Å². The fourth-order valence-electron chi connectivity index (χ4n) is 7.19. The van der Waals surface area contributed by atoms with Gasteiger partial charge < -0.3 is 0 Å². The average Bonchev–Trinajstić information content (AvgIpc) is 3.77. The summed E-state index contributed by atoms with van der Waals surface area (Å²) in [5.41, 5.74) is 12.9. The SMILES string of the molecule is c1ccc(-c2ccc(-c3cccc4c3sc3c(-c5cccc(-c6cccc(-c7ncnc8c7sc7ccccc78)c6)c5)cccc34)cc2)cc1. The van der Waals surface area contributed by atoms with Crippen LogP contribution in [-0.2, 0) is 0 Å². The predicted molar refractivity (Wildman–Crippen MR) is 215 cm³/mol. The van der Waals surface area contributed by atoms with Gasteiger partial charge in [0.2, 0.25) is 0 Å². The molecule has 3 aromatic heterocycles. The topological polar surface area (TPSA) is 25.8 Å². The van der Waals surface area contributed by atoms with Gasteiger partial charge in [0.25, 0.3) is 0 Å². The standard InChI is InChI=1S/C46H28N2S2/c1-2-10-29(11-3-1)30-22-24-31(25-23-30)36-17-8-19-38-39-20-9-18-37(45(39)50-44(36)38)34-14-6-12-32(26-34)33-13-7-15-35(27-33)42-46-43(48-28-47-42)40-16-4-5-21-41(40)49-46/h1-28H. The quantitative estimate of drug-likeness (QED) is 0.182. The Balaban J connectivity index is 1.04. The molecule has 4 heteroatoms. The van der Waals surface area contributed by atoms with Crippen molar-refractivity contribution in [3.8, 4) is 55.8 Å². The lowest BCUT2D eigenvalue weighted by molar-refractivity contribution is 1.24. The zero-order chi connectivity index (χ0) is 33.0. The summed E-state index contributed by atoms with van der Waals surface area (Å²) < 4.78 is 5.00. The smallest absolute Gasteiger partial charge is 0.116 e. The Morgan fingerprint density at radius 3 is 1.64 bits per heavy atom. The van der Waals surface area contributed by atoms with Crippen molar-refractivity contribution in [1.29, 1.82) is 0 Å². The summed E-state index contributed by atoms with van der Waals surface area (Å²) in [7, 11) is 0. The number of hydrogen-bond donors (Lipinski definition) is 0. The van der Waals surface area contributed by atoms with Gasteiger partial charge in [-0.2, -0.15) is 0 Å². The number of nitrogens with zero attached hydrogens (tertiary/aromatic N) is 2. The minimum Gasteiger partial charge on any atom is -0.235 e. The summed E-state index contributed by atoms with van der Waals surface area (Å²) in [6.07, 6.45) is 1.70. The van der Waals surface area contributed by atoms with Gasteiger partial charge in [0.15, 0.2) is 0 Å². The second-order valence-electron chi connectivity index (χ2n) is 12.6. The highest BCUT2D eigenvalue weighted by molar-refractivity contribution is 7.27. The monoisotopic (exact) mass is 672 g/mol. The van der Waals surface area contributed by atoms with E-state index in [0.717, 1.165) is 21.5 Å². The Labute approximate surface area is 297 Å². The number of fused-ring (bicyclic) bond motifs is 6. The summed E-state index contributed by atoms with van der Waals surface area (Å²) in [6, 6.07) is 59.2. The molecule has 0 aliphatic rings. The summed E-state index contributed by atoms with van der Waals surface area (Å²) >= 11 is 3.66. The Kier molecular flexibility index (Phi) is 6.90. The summed E-state index contributed by atoms with van der Waals surface area (Å²) in [4.78, 5) is 9.43. The first-order chi connectivity index (χ1) is 24.8. The van der Waals surface area contributed by atoms with Crippen LogP contribution in [0.5, 0.6) is 0 Å². The highest BCUT2D eigenvalue weighted by Crippen LogP contribution is 2.45. The number of aromatic nitrogens is 2. The molecule has 10 aromatic rings.